The molecule has 0 unspecified atom stereocenters. The second-order valence-corrected chi connectivity index (χ2v) is 4.01. The van der Waals surface area contributed by atoms with Crippen molar-refractivity contribution in [3.8, 4) is 11.4 Å². The van der Waals surface area contributed by atoms with E-state index in [4.69, 9.17) is 4.74 Å². The minimum atomic E-state index is -4.71. The third-order valence-electron chi connectivity index (χ3n) is 2.37. The molecular formula is C13H10F3N3O3. The molecule has 0 fully saturated rings. The van der Waals surface area contributed by atoms with Gasteiger partial charge in [-0.3, -0.25) is 5.32 Å². The highest BCUT2D eigenvalue weighted by atomic mass is 19.4. The number of rotatable bonds is 4. The average molecular weight is 313 g/mol. The first-order valence-electron chi connectivity index (χ1n) is 5.96. The molecule has 0 radical (unpaired) electrons. The van der Waals surface area contributed by atoms with Crippen molar-refractivity contribution >= 4 is 11.8 Å². The highest BCUT2D eigenvalue weighted by Crippen LogP contribution is 2.29. The van der Waals surface area contributed by atoms with E-state index in [9.17, 15) is 18.0 Å². The second-order valence-electron chi connectivity index (χ2n) is 4.01. The van der Waals surface area contributed by atoms with E-state index in [2.05, 4.69) is 26.6 Å². The fourth-order valence-corrected chi connectivity index (χ4v) is 1.48. The van der Waals surface area contributed by atoms with Crippen LogP contribution in [0.25, 0.3) is 11.4 Å². The zero-order chi connectivity index (χ0) is 16.2. The Balaban J connectivity index is 2.16. The summed E-state index contributed by atoms with van der Waals surface area (Å²) in [6, 6.07) is 5.91. The van der Waals surface area contributed by atoms with Crippen LogP contribution in [0.5, 0.6) is 0 Å². The third-order valence-corrected chi connectivity index (χ3v) is 2.37. The molecular weight excluding hydrogens is 303 g/mol. The van der Waals surface area contributed by atoms with Crippen LogP contribution in [0.2, 0.25) is 0 Å². The van der Waals surface area contributed by atoms with Gasteiger partial charge < -0.3 is 9.26 Å². The van der Waals surface area contributed by atoms with E-state index in [-0.39, 0.29) is 18.0 Å². The molecule has 0 aliphatic heterocycles. The smallest absolute Gasteiger partial charge is 0.445 e. The van der Waals surface area contributed by atoms with Crippen LogP contribution in [-0.4, -0.2) is 22.8 Å². The summed E-state index contributed by atoms with van der Waals surface area (Å²) in [6.07, 6.45) is -4.04. The third kappa shape index (κ3) is 3.84. The van der Waals surface area contributed by atoms with Crippen LogP contribution in [0.1, 0.15) is 5.89 Å². The molecule has 1 amide bonds. The zero-order valence-corrected chi connectivity index (χ0v) is 11.1. The first-order chi connectivity index (χ1) is 10.4. The van der Waals surface area contributed by atoms with Gasteiger partial charge in [-0.2, -0.15) is 18.2 Å². The number of hydrogen-bond donors (Lipinski definition) is 1. The van der Waals surface area contributed by atoms with Crippen molar-refractivity contribution in [1.82, 2.24) is 10.1 Å². The Morgan fingerprint density at radius 3 is 2.86 bits per heavy atom. The molecule has 1 N–H and O–H groups in total. The lowest BCUT2D eigenvalue weighted by Crippen LogP contribution is -2.13. The molecule has 2 aromatic rings. The standard InChI is InChI=1S/C13H10F3N3O3/c1-2-6-21-12(20)17-9-5-3-4-8(7-9)10-18-11(22-19-10)13(14,15)16/h2-5,7H,1,6H2,(H,17,20). The van der Waals surface area contributed by atoms with Crippen LogP contribution in [0, 0.1) is 0 Å². The predicted octanol–water partition coefficient (Wildman–Crippen LogP) is 3.49. The SMILES string of the molecule is C=CCOC(=O)Nc1cccc(-c2noc(C(F)(F)F)n2)c1. The van der Waals surface area contributed by atoms with Gasteiger partial charge in [0.1, 0.15) is 6.61 Å². The maximum atomic E-state index is 12.4. The zero-order valence-electron chi connectivity index (χ0n) is 11.1. The number of hydrogen-bond acceptors (Lipinski definition) is 5. The molecule has 0 spiro atoms. The van der Waals surface area contributed by atoms with Gasteiger partial charge in [-0.05, 0) is 12.1 Å². The molecule has 0 bridgehead atoms. The lowest BCUT2D eigenvalue weighted by atomic mass is 10.2. The summed E-state index contributed by atoms with van der Waals surface area (Å²) in [4.78, 5) is 14.6. The fourth-order valence-electron chi connectivity index (χ4n) is 1.48. The minimum Gasteiger partial charge on any atom is -0.445 e. The van der Waals surface area contributed by atoms with Crippen molar-refractivity contribution in [3.63, 3.8) is 0 Å². The fraction of sp³-hybridized carbons (Fsp3) is 0.154. The van der Waals surface area contributed by atoms with Crippen LogP contribution >= 0.6 is 0 Å². The van der Waals surface area contributed by atoms with Crippen molar-refractivity contribution in [2.45, 2.75) is 6.18 Å². The maximum Gasteiger partial charge on any atom is 0.471 e. The highest BCUT2D eigenvalue weighted by molar-refractivity contribution is 5.85. The van der Waals surface area contributed by atoms with Crippen LogP contribution in [0.15, 0.2) is 41.4 Å². The number of nitrogens with one attached hydrogen (secondary N) is 1. The van der Waals surface area contributed by atoms with Crippen molar-refractivity contribution in [3.05, 3.63) is 42.8 Å². The van der Waals surface area contributed by atoms with E-state index in [0.29, 0.717) is 5.69 Å². The van der Waals surface area contributed by atoms with Crippen molar-refractivity contribution in [2.24, 2.45) is 0 Å². The van der Waals surface area contributed by atoms with E-state index in [0.717, 1.165) is 0 Å². The Morgan fingerprint density at radius 1 is 1.45 bits per heavy atom. The van der Waals surface area contributed by atoms with Gasteiger partial charge in [-0.25, -0.2) is 4.79 Å². The Hall–Kier alpha value is -2.84. The van der Waals surface area contributed by atoms with Crippen molar-refractivity contribution in [2.75, 3.05) is 11.9 Å². The summed E-state index contributed by atoms with van der Waals surface area (Å²) >= 11 is 0. The molecule has 22 heavy (non-hydrogen) atoms. The van der Waals surface area contributed by atoms with E-state index >= 15 is 0 Å². The average Bonchev–Trinajstić information content (AvgIpc) is 2.95. The van der Waals surface area contributed by atoms with Crippen LogP contribution in [0.3, 0.4) is 0 Å². The van der Waals surface area contributed by atoms with E-state index in [1.54, 1.807) is 0 Å². The summed E-state index contributed by atoms with van der Waals surface area (Å²) in [7, 11) is 0. The molecule has 0 atom stereocenters. The predicted molar refractivity (Wildman–Crippen MR) is 69.9 cm³/mol. The summed E-state index contributed by atoms with van der Waals surface area (Å²) in [6.45, 7) is 3.42. The van der Waals surface area contributed by atoms with Gasteiger partial charge in [0.05, 0.1) is 0 Å². The van der Waals surface area contributed by atoms with Crippen LogP contribution in [-0.2, 0) is 10.9 Å². The van der Waals surface area contributed by atoms with Gasteiger partial charge >= 0.3 is 18.2 Å². The molecule has 1 aromatic heterocycles. The van der Waals surface area contributed by atoms with Crippen LogP contribution < -0.4 is 5.32 Å². The lowest BCUT2D eigenvalue weighted by Gasteiger charge is -2.05. The molecule has 0 saturated carbocycles. The highest BCUT2D eigenvalue weighted by Gasteiger charge is 2.38. The Morgan fingerprint density at radius 2 is 2.23 bits per heavy atom. The van der Waals surface area contributed by atoms with Crippen LogP contribution in [0.4, 0.5) is 23.7 Å². The number of nitrogens with zero attached hydrogens (tertiary/aromatic N) is 2. The molecule has 2 rings (SSSR count). The van der Waals surface area contributed by atoms with Gasteiger partial charge in [-0.1, -0.05) is 29.9 Å². The van der Waals surface area contributed by atoms with E-state index < -0.39 is 18.2 Å². The van der Waals surface area contributed by atoms with Gasteiger partial charge in [0.25, 0.3) is 0 Å². The number of aromatic nitrogens is 2. The molecule has 1 heterocycles. The van der Waals surface area contributed by atoms with Gasteiger partial charge in [0.15, 0.2) is 0 Å². The Kier molecular flexibility index (Phi) is 4.44. The topological polar surface area (TPSA) is 77.2 Å². The number of ether oxygens (including phenoxy) is 1. The molecule has 0 saturated heterocycles. The van der Waals surface area contributed by atoms with Gasteiger partial charge in [-0.15, -0.1) is 0 Å². The molecule has 0 aliphatic rings. The summed E-state index contributed by atoms with van der Waals surface area (Å²) < 4.78 is 46.1. The molecule has 1 aromatic carbocycles. The quantitative estimate of drug-likeness (QED) is 0.874. The number of alkyl halides is 3. The first kappa shape index (κ1) is 15.5. The Labute approximate surface area is 122 Å². The molecule has 0 aliphatic carbocycles. The summed E-state index contributed by atoms with van der Waals surface area (Å²) in [5.41, 5.74) is 0.561. The number of halogens is 3. The molecule has 116 valence electrons. The molecule has 9 heteroatoms. The summed E-state index contributed by atoms with van der Waals surface area (Å²) in [5, 5.41) is 5.67. The number of carbonyl (C=O) groups excluding carboxylic acids is 1. The van der Waals surface area contributed by atoms with E-state index in [1.807, 2.05) is 0 Å². The number of benzene rings is 1. The number of anilines is 1. The second kappa shape index (κ2) is 6.29. The lowest BCUT2D eigenvalue weighted by molar-refractivity contribution is -0.159. The molecule has 6 nitrogen and oxygen atoms in total. The van der Waals surface area contributed by atoms with E-state index in [1.165, 1.54) is 30.3 Å². The monoisotopic (exact) mass is 313 g/mol. The maximum absolute atomic E-state index is 12.4. The minimum absolute atomic E-state index is 0.0330. The normalized spacial score (nSPS) is 11.0. The largest absolute Gasteiger partial charge is 0.471 e. The summed E-state index contributed by atoms with van der Waals surface area (Å²) in [5.74, 6) is -1.68. The Bertz CT molecular complexity index is 682. The first-order valence-corrected chi connectivity index (χ1v) is 5.96. The number of carbonyl (C=O) groups is 1. The van der Waals surface area contributed by atoms with Gasteiger partial charge in [0.2, 0.25) is 5.82 Å². The van der Waals surface area contributed by atoms with Crippen molar-refractivity contribution < 1.29 is 27.2 Å². The van der Waals surface area contributed by atoms with Crippen molar-refractivity contribution in [1.29, 1.82) is 0 Å². The number of amides is 1. The van der Waals surface area contributed by atoms with Gasteiger partial charge in [0, 0.05) is 11.3 Å².